The molecule has 1 nitrogen and oxygen atoms in total. The zero-order valence-electron chi connectivity index (χ0n) is 4.44. The Morgan fingerprint density at radius 1 is 1.43 bits per heavy atom. The van der Waals surface area contributed by atoms with E-state index in [9.17, 15) is 0 Å². The first kappa shape index (κ1) is 7.05. The summed E-state index contributed by atoms with van der Waals surface area (Å²) in [5.41, 5.74) is 0. The number of rotatable bonds is 0. The van der Waals surface area contributed by atoms with Gasteiger partial charge in [-0.15, -0.1) is 24.9 Å². The molecule has 1 heterocycles. The molecule has 1 N–H and O–H groups in total. The summed E-state index contributed by atoms with van der Waals surface area (Å²) in [6.45, 7) is 7.21. The molecule has 7 heavy (non-hydrogen) atoms. The van der Waals surface area contributed by atoms with Gasteiger partial charge in [0.15, 0.2) is 0 Å². The van der Waals surface area contributed by atoms with Crippen molar-refractivity contribution in [3.05, 3.63) is 13.2 Å². The maximum absolute atomic E-state index is 3.19. The summed E-state index contributed by atoms with van der Waals surface area (Å²) in [4.78, 5) is 0. The molecule has 0 aliphatic carbocycles. The van der Waals surface area contributed by atoms with Crippen molar-refractivity contribution in [2.45, 2.75) is 0 Å². The second-order valence-electron chi connectivity index (χ2n) is 1.05. The van der Waals surface area contributed by atoms with Gasteiger partial charge in [-0.1, -0.05) is 0 Å². The van der Waals surface area contributed by atoms with Crippen molar-refractivity contribution in [2.75, 3.05) is 18.2 Å². The van der Waals surface area contributed by atoms with Crippen LogP contribution in [0.5, 0.6) is 0 Å². The summed E-state index contributed by atoms with van der Waals surface area (Å²) >= 11 is 1.96. The van der Waals surface area contributed by atoms with Crippen LogP contribution >= 0.6 is 11.8 Å². The van der Waals surface area contributed by atoms with Crippen LogP contribution in [0.1, 0.15) is 0 Å². The van der Waals surface area contributed by atoms with Gasteiger partial charge < -0.3 is 5.32 Å². The normalized spacial score (nSPS) is 17.7. The summed E-state index contributed by atoms with van der Waals surface area (Å²) < 4.78 is 0. The van der Waals surface area contributed by atoms with Gasteiger partial charge in [-0.2, -0.15) is 0 Å². The van der Waals surface area contributed by atoms with Gasteiger partial charge in [-0.3, -0.25) is 0 Å². The Labute approximate surface area is 49.2 Å². The lowest BCUT2D eigenvalue weighted by Gasteiger charge is -1.74. The molecule has 1 fully saturated rings. The molecule has 2 heteroatoms. The van der Waals surface area contributed by atoms with Gasteiger partial charge in [0.25, 0.3) is 0 Å². The lowest BCUT2D eigenvalue weighted by atomic mass is 10.8. The Morgan fingerprint density at radius 3 is 2.29 bits per heavy atom. The summed E-state index contributed by atoms with van der Waals surface area (Å²) in [5, 5.41) is 3.19. The average Bonchev–Trinajstić information content (AvgIpc) is 2.23. The van der Waals surface area contributed by atoms with E-state index in [1.165, 1.54) is 18.2 Å². The van der Waals surface area contributed by atoms with E-state index in [1.54, 1.807) is 0 Å². The first-order chi connectivity index (χ1) is 3.50. The molecule has 1 aliphatic heterocycles. The minimum atomic E-state index is 1.17. The second kappa shape index (κ2) is 6.05. The van der Waals surface area contributed by atoms with E-state index >= 15 is 0 Å². The van der Waals surface area contributed by atoms with Crippen LogP contribution < -0.4 is 5.32 Å². The van der Waals surface area contributed by atoms with Crippen molar-refractivity contribution in [3.8, 4) is 0 Å². The molecule has 0 spiro atoms. The molecule has 0 aromatic rings. The third-order valence-corrected chi connectivity index (χ3v) is 1.53. The highest BCUT2D eigenvalue weighted by molar-refractivity contribution is 7.99. The fraction of sp³-hybridized carbons (Fsp3) is 0.600. The molecule has 1 rings (SSSR count). The molecular formula is C5H11NS. The fourth-order valence-electron chi connectivity index (χ4n) is 0.361. The minimum Gasteiger partial charge on any atom is -0.307 e. The zero-order valence-corrected chi connectivity index (χ0v) is 5.26. The van der Waals surface area contributed by atoms with Crippen molar-refractivity contribution < 1.29 is 0 Å². The highest BCUT2D eigenvalue weighted by Gasteiger charge is 1.93. The Balaban J connectivity index is 0.000000162. The zero-order chi connectivity index (χ0) is 5.54. The van der Waals surface area contributed by atoms with E-state index in [0.29, 0.717) is 0 Å². The van der Waals surface area contributed by atoms with Crippen LogP contribution in [-0.2, 0) is 0 Å². The van der Waals surface area contributed by atoms with Gasteiger partial charge in [0.2, 0.25) is 0 Å². The Kier molecular flexibility index (Phi) is 6.09. The van der Waals surface area contributed by atoms with Gasteiger partial charge in [0.1, 0.15) is 0 Å². The molecule has 0 saturated carbocycles. The third kappa shape index (κ3) is 3.89. The second-order valence-corrected chi connectivity index (χ2v) is 2.16. The number of hydrogen-bond acceptors (Lipinski definition) is 2. The summed E-state index contributed by atoms with van der Waals surface area (Å²) in [6.07, 6.45) is 0. The van der Waals surface area contributed by atoms with Crippen molar-refractivity contribution >= 4 is 11.8 Å². The molecule has 0 atom stereocenters. The van der Waals surface area contributed by atoms with Crippen LogP contribution in [0, 0.1) is 0 Å². The van der Waals surface area contributed by atoms with Crippen molar-refractivity contribution in [3.63, 3.8) is 0 Å². The SMILES string of the molecule is C1CSCN1.C=C. The lowest BCUT2D eigenvalue weighted by molar-refractivity contribution is 0.885. The van der Waals surface area contributed by atoms with E-state index in [2.05, 4.69) is 18.5 Å². The first-order valence-corrected chi connectivity index (χ1v) is 3.44. The van der Waals surface area contributed by atoms with Crippen LogP contribution in [0.3, 0.4) is 0 Å². The van der Waals surface area contributed by atoms with Crippen LogP contribution in [0.15, 0.2) is 13.2 Å². The molecule has 0 aromatic carbocycles. The van der Waals surface area contributed by atoms with Gasteiger partial charge in [0, 0.05) is 18.2 Å². The maximum Gasteiger partial charge on any atom is 0.0418 e. The Morgan fingerprint density at radius 2 is 2.14 bits per heavy atom. The largest absolute Gasteiger partial charge is 0.307 e. The first-order valence-electron chi connectivity index (χ1n) is 2.28. The summed E-state index contributed by atoms with van der Waals surface area (Å²) in [7, 11) is 0. The molecular weight excluding hydrogens is 106 g/mol. The topological polar surface area (TPSA) is 12.0 Å². The van der Waals surface area contributed by atoms with Crippen LogP contribution in [-0.4, -0.2) is 18.2 Å². The molecule has 0 radical (unpaired) electrons. The quantitative estimate of drug-likeness (QED) is 0.476. The number of thioether (sulfide) groups is 1. The Hall–Kier alpha value is 0.0500. The molecule has 1 aliphatic rings. The van der Waals surface area contributed by atoms with E-state index in [1.807, 2.05) is 11.8 Å². The molecule has 0 aromatic heterocycles. The molecule has 0 unspecified atom stereocenters. The Bertz CT molecular complexity index is 27.5. The van der Waals surface area contributed by atoms with Crippen molar-refractivity contribution in [2.24, 2.45) is 0 Å². The standard InChI is InChI=1S/C3H7NS.C2H4/c1-2-5-3-4-1;1-2/h4H,1-3H2;1-2H2. The van der Waals surface area contributed by atoms with Crippen LogP contribution in [0.2, 0.25) is 0 Å². The predicted molar refractivity (Wildman–Crippen MR) is 36.6 cm³/mol. The maximum atomic E-state index is 3.19. The predicted octanol–water partition coefficient (Wildman–Crippen LogP) is 1.08. The monoisotopic (exact) mass is 117 g/mol. The van der Waals surface area contributed by atoms with Gasteiger partial charge >= 0.3 is 0 Å². The van der Waals surface area contributed by atoms with Crippen LogP contribution in [0.4, 0.5) is 0 Å². The average molecular weight is 117 g/mol. The van der Waals surface area contributed by atoms with Gasteiger partial charge in [-0.25, -0.2) is 0 Å². The highest BCUT2D eigenvalue weighted by Crippen LogP contribution is 1.99. The lowest BCUT2D eigenvalue weighted by Crippen LogP contribution is -2.04. The molecule has 42 valence electrons. The molecule has 0 amide bonds. The number of hydrogen-bond donors (Lipinski definition) is 1. The van der Waals surface area contributed by atoms with Crippen molar-refractivity contribution in [1.82, 2.24) is 5.32 Å². The van der Waals surface area contributed by atoms with E-state index < -0.39 is 0 Å². The van der Waals surface area contributed by atoms with Crippen LogP contribution in [0.25, 0.3) is 0 Å². The summed E-state index contributed by atoms with van der Waals surface area (Å²) in [5.74, 6) is 2.47. The molecule has 0 bridgehead atoms. The summed E-state index contributed by atoms with van der Waals surface area (Å²) in [6, 6.07) is 0. The highest BCUT2D eigenvalue weighted by atomic mass is 32.2. The van der Waals surface area contributed by atoms with E-state index in [0.717, 1.165) is 0 Å². The fourth-order valence-corrected chi connectivity index (χ4v) is 1.08. The van der Waals surface area contributed by atoms with E-state index in [4.69, 9.17) is 0 Å². The van der Waals surface area contributed by atoms with Gasteiger partial charge in [-0.05, 0) is 0 Å². The third-order valence-electron chi connectivity index (χ3n) is 0.627. The smallest absolute Gasteiger partial charge is 0.0418 e. The van der Waals surface area contributed by atoms with E-state index in [-0.39, 0.29) is 0 Å². The van der Waals surface area contributed by atoms with Gasteiger partial charge in [0.05, 0.1) is 0 Å². The molecule has 1 saturated heterocycles. The van der Waals surface area contributed by atoms with Crippen molar-refractivity contribution in [1.29, 1.82) is 0 Å². The number of nitrogens with one attached hydrogen (secondary N) is 1. The minimum absolute atomic E-state index is 1.17.